The maximum Gasteiger partial charge on any atom is 0.278 e. The van der Waals surface area contributed by atoms with Crippen LogP contribution in [0.25, 0.3) is 55.1 Å². The molecule has 2 heterocycles. The molecule has 142 valence electrons. The molecule has 0 spiro atoms. The molecule has 0 amide bonds. The third-order valence-corrected chi connectivity index (χ3v) is 5.40. The van der Waals surface area contributed by atoms with E-state index in [1.165, 1.54) is 0 Å². The van der Waals surface area contributed by atoms with Gasteiger partial charge in [0, 0.05) is 16.3 Å². The van der Waals surface area contributed by atoms with Crippen LogP contribution in [-0.4, -0.2) is 15.4 Å². The number of nitrogens with zero attached hydrogens (tertiary/aromatic N) is 4. The van der Waals surface area contributed by atoms with Crippen LogP contribution in [0.1, 0.15) is 0 Å². The normalized spacial score (nSPS) is 11.5. The minimum absolute atomic E-state index is 0.268. The van der Waals surface area contributed by atoms with Crippen LogP contribution in [0.15, 0.2) is 89.6 Å². The zero-order valence-corrected chi connectivity index (χ0v) is 15.7. The van der Waals surface area contributed by atoms with Crippen molar-refractivity contribution in [2.24, 2.45) is 0 Å². The molecule has 6 nitrogen and oxygen atoms in total. The molecule has 6 aromatic rings. The van der Waals surface area contributed by atoms with Crippen molar-refractivity contribution in [3.63, 3.8) is 0 Å². The number of fused-ring (bicyclic) bond motifs is 3. The van der Waals surface area contributed by atoms with Crippen molar-refractivity contribution < 1.29 is 9.53 Å². The molecule has 0 bridgehead atoms. The Labute approximate surface area is 170 Å². The highest BCUT2D eigenvalue weighted by Crippen LogP contribution is 2.35. The molecular weight excluding hydrogens is 376 g/mol. The van der Waals surface area contributed by atoms with Crippen LogP contribution in [0.4, 0.5) is 0 Å². The molecular formula is C24H14N4O2. The second kappa shape index (κ2) is 6.35. The maximum atomic E-state index is 12.6. The van der Waals surface area contributed by atoms with Gasteiger partial charge in [0.25, 0.3) is 11.0 Å². The number of hydrogen-bond acceptors (Lipinski definition) is 5. The van der Waals surface area contributed by atoms with Gasteiger partial charge < -0.3 is 5.21 Å². The Kier molecular flexibility index (Phi) is 3.52. The predicted molar refractivity (Wildman–Crippen MR) is 114 cm³/mol. The van der Waals surface area contributed by atoms with E-state index in [2.05, 4.69) is 15.4 Å². The lowest BCUT2D eigenvalue weighted by molar-refractivity contribution is -0.782. The van der Waals surface area contributed by atoms with E-state index in [1.807, 2.05) is 84.9 Å². The van der Waals surface area contributed by atoms with E-state index in [9.17, 15) is 5.21 Å². The molecule has 0 radical (unpaired) electrons. The molecule has 0 aliphatic heterocycles. The average Bonchev–Trinajstić information content (AvgIpc) is 3.20. The van der Waals surface area contributed by atoms with E-state index in [1.54, 1.807) is 0 Å². The monoisotopic (exact) mass is 390 g/mol. The second-order valence-corrected chi connectivity index (χ2v) is 7.08. The minimum Gasteiger partial charge on any atom is -0.359 e. The van der Waals surface area contributed by atoms with Gasteiger partial charge in [0.2, 0.25) is 0 Å². The van der Waals surface area contributed by atoms with Crippen LogP contribution in [0.2, 0.25) is 0 Å². The molecule has 0 aliphatic rings. The van der Waals surface area contributed by atoms with Crippen LogP contribution >= 0.6 is 0 Å². The zero-order chi connectivity index (χ0) is 20.1. The smallest absolute Gasteiger partial charge is 0.278 e. The summed E-state index contributed by atoms with van der Waals surface area (Å²) in [5, 5.41) is 29.7. The third-order valence-electron chi connectivity index (χ3n) is 5.40. The predicted octanol–water partition coefficient (Wildman–Crippen LogP) is 4.89. The summed E-state index contributed by atoms with van der Waals surface area (Å²) < 4.78 is 4.99. The molecule has 0 saturated heterocycles. The van der Waals surface area contributed by atoms with Crippen molar-refractivity contribution in [2.75, 3.05) is 0 Å². The number of aromatic nitrogens is 4. The second-order valence-electron chi connectivity index (χ2n) is 7.08. The van der Waals surface area contributed by atoms with E-state index in [0.29, 0.717) is 21.8 Å². The molecule has 0 fully saturated rings. The van der Waals surface area contributed by atoms with Gasteiger partial charge in [-0.3, -0.25) is 4.63 Å². The summed E-state index contributed by atoms with van der Waals surface area (Å²) in [5.74, 6) is 0. The quantitative estimate of drug-likeness (QED) is 0.393. The zero-order valence-electron chi connectivity index (χ0n) is 15.7. The first-order chi connectivity index (χ1) is 14.8. The van der Waals surface area contributed by atoms with Crippen molar-refractivity contribution in [1.29, 1.82) is 0 Å². The lowest BCUT2D eigenvalue weighted by Crippen LogP contribution is -2.23. The SMILES string of the molecule is [O-][n+]1onc2c(-c3cccc4ccccc34)nnc(-c3cccc4ccccc34)c21. The van der Waals surface area contributed by atoms with Crippen LogP contribution in [0, 0.1) is 5.21 Å². The highest BCUT2D eigenvalue weighted by molar-refractivity contribution is 6.06. The van der Waals surface area contributed by atoms with Crippen molar-refractivity contribution in [2.45, 2.75) is 0 Å². The van der Waals surface area contributed by atoms with E-state index in [4.69, 9.17) is 4.63 Å². The van der Waals surface area contributed by atoms with Gasteiger partial charge in [0.1, 0.15) is 5.69 Å². The molecule has 6 heteroatoms. The molecule has 2 aromatic heterocycles. The fourth-order valence-corrected chi connectivity index (χ4v) is 4.02. The first-order valence-electron chi connectivity index (χ1n) is 9.53. The van der Waals surface area contributed by atoms with E-state index < -0.39 is 0 Å². The molecule has 0 aliphatic carbocycles. The molecule has 0 atom stereocenters. The van der Waals surface area contributed by atoms with E-state index in [0.717, 1.165) is 32.7 Å². The van der Waals surface area contributed by atoms with Crippen molar-refractivity contribution in [3.8, 4) is 22.5 Å². The Hall–Kier alpha value is -4.32. The lowest BCUT2D eigenvalue weighted by atomic mass is 9.99. The van der Waals surface area contributed by atoms with Gasteiger partial charge in [-0.05, 0) is 26.4 Å². The molecule has 0 N–H and O–H groups in total. The lowest BCUT2D eigenvalue weighted by Gasteiger charge is -2.08. The number of rotatable bonds is 2. The number of benzene rings is 4. The first-order valence-corrected chi connectivity index (χ1v) is 9.53. The van der Waals surface area contributed by atoms with Crippen molar-refractivity contribution >= 4 is 32.6 Å². The minimum atomic E-state index is 0.268. The highest BCUT2D eigenvalue weighted by atomic mass is 16.8. The standard InChI is InChI=1S/C24H14N4O2/c29-28-24-22(20-14-6-10-16-8-2-4-12-18(16)20)26-25-21(23(24)27-30-28)19-13-5-9-15-7-1-3-11-17(15)19/h1-14H. The van der Waals surface area contributed by atoms with Gasteiger partial charge in [-0.25, -0.2) is 0 Å². The van der Waals surface area contributed by atoms with Gasteiger partial charge in [-0.1, -0.05) is 84.9 Å². The Balaban J connectivity index is 1.68. The summed E-state index contributed by atoms with van der Waals surface area (Å²) in [6.45, 7) is 0. The number of hydrogen-bond donors (Lipinski definition) is 0. The largest absolute Gasteiger partial charge is 0.359 e. The van der Waals surface area contributed by atoms with Gasteiger partial charge in [-0.2, -0.15) is 0 Å². The van der Waals surface area contributed by atoms with Gasteiger partial charge in [-0.15, -0.1) is 10.2 Å². The fraction of sp³-hybridized carbons (Fsp3) is 0. The van der Waals surface area contributed by atoms with Gasteiger partial charge in [0.15, 0.2) is 5.69 Å². The molecule has 4 aromatic carbocycles. The third kappa shape index (κ3) is 2.37. The fourth-order valence-electron chi connectivity index (χ4n) is 4.02. The summed E-state index contributed by atoms with van der Waals surface area (Å²) in [5.41, 5.74) is 3.28. The van der Waals surface area contributed by atoms with Crippen LogP contribution < -0.4 is 4.90 Å². The topological polar surface area (TPSA) is 78.8 Å². The summed E-state index contributed by atoms with van der Waals surface area (Å²) >= 11 is 0. The Bertz CT molecular complexity index is 1560. The molecule has 30 heavy (non-hydrogen) atoms. The van der Waals surface area contributed by atoms with Crippen LogP contribution in [0.5, 0.6) is 0 Å². The highest BCUT2D eigenvalue weighted by Gasteiger charge is 2.25. The molecule has 0 unspecified atom stereocenters. The summed E-state index contributed by atoms with van der Waals surface area (Å²) in [6.07, 6.45) is 0. The average molecular weight is 390 g/mol. The summed E-state index contributed by atoms with van der Waals surface area (Å²) in [6, 6.07) is 27.8. The maximum absolute atomic E-state index is 12.6. The van der Waals surface area contributed by atoms with E-state index in [-0.39, 0.29) is 5.52 Å². The van der Waals surface area contributed by atoms with Crippen molar-refractivity contribution in [1.82, 2.24) is 15.4 Å². The Morgan fingerprint density at radius 3 is 1.83 bits per heavy atom. The van der Waals surface area contributed by atoms with Gasteiger partial charge in [0.05, 0.1) is 0 Å². The van der Waals surface area contributed by atoms with Crippen molar-refractivity contribution in [3.05, 3.63) is 90.1 Å². The molecule has 6 rings (SSSR count). The summed E-state index contributed by atoms with van der Waals surface area (Å²) in [4.78, 5) is 0.412. The molecule has 0 saturated carbocycles. The van der Waals surface area contributed by atoms with E-state index >= 15 is 0 Å². The summed E-state index contributed by atoms with van der Waals surface area (Å²) in [7, 11) is 0. The van der Waals surface area contributed by atoms with Crippen LogP contribution in [0.3, 0.4) is 0 Å². The first kappa shape index (κ1) is 16.6. The van der Waals surface area contributed by atoms with Crippen LogP contribution in [-0.2, 0) is 0 Å². The Morgan fingerprint density at radius 2 is 1.17 bits per heavy atom. The Morgan fingerprint density at radius 1 is 0.633 bits per heavy atom. The van der Waals surface area contributed by atoms with Gasteiger partial charge >= 0.3 is 0 Å².